The average Bonchev–Trinajstić information content (AvgIpc) is 2.54. The van der Waals surface area contributed by atoms with Gasteiger partial charge in [-0.25, -0.2) is 8.42 Å². The Labute approximate surface area is 139 Å². The Balaban J connectivity index is 1.92. The second-order valence-corrected chi connectivity index (χ2v) is 8.58. The van der Waals surface area contributed by atoms with E-state index in [1.165, 1.54) is 5.56 Å². The van der Waals surface area contributed by atoms with Gasteiger partial charge in [-0.15, -0.1) is 0 Å². The molecule has 0 unspecified atom stereocenters. The maximum absolute atomic E-state index is 12.2. The Morgan fingerprint density at radius 2 is 1.78 bits per heavy atom. The van der Waals surface area contributed by atoms with E-state index >= 15 is 0 Å². The highest BCUT2D eigenvalue weighted by atomic mass is 32.2. The molecule has 1 aromatic rings. The van der Waals surface area contributed by atoms with Gasteiger partial charge >= 0.3 is 0 Å². The Hall–Kier alpha value is -1.36. The number of nitrogens with zero attached hydrogens (tertiary/aromatic N) is 1. The largest absolute Gasteiger partial charge is 0.343 e. The summed E-state index contributed by atoms with van der Waals surface area (Å²) in [6.45, 7) is 5.29. The zero-order chi connectivity index (χ0) is 16.9. The van der Waals surface area contributed by atoms with Crippen LogP contribution in [0.25, 0.3) is 0 Å². The van der Waals surface area contributed by atoms with E-state index in [-0.39, 0.29) is 11.7 Å². The molecule has 1 aliphatic rings. The maximum Gasteiger partial charge on any atom is 0.219 e. The summed E-state index contributed by atoms with van der Waals surface area (Å²) in [5, 5.41) is 0. The molecule has 128 valence electrons. The molecule has 1 aromatic carbocycles. The fraction of sp³-hybridized carbons (Fsp3) is 0.611. The van der Waals surface area contributed by atoms with Crippen LogP contribution >= 0.6 is 0 Å². The number of benzene rings is 1. The maximum atomic E-state index is 12.2. The monoisotopic (exact) mass is 337 g/mol. The molecule has 0 saturated carbocycles. The first-order chi connectivity index (χ1) is 10.9. The molecule has 0 bridgehead atoms. The topological polar surface area (TPSA) is 54.5 Å². The van der Waals surface area contributed by atoms with E-state index in [2.05, 4.69) is 0 Å². The van der Waals surface area contributed by atoms with E-state index in [1.54, 1.807) is 19.1 Å². The first-order valence-corrected chi connectivity index (χ1v) is 10.1. The molecule has 5 heteroatoms. The molecule has 1 heterocycles. The first-order valence-electron chi connectivity index (χ1n) is 8.49. The predicted molar refractivity (Wildman–Crippen MR) is 92.1 cm³/mol. The number of rotatable bonds is 6. The van der Waals surface area contributed by atoms with Crippen molar-refractivity contribution in [3.05, 3.63) is 29.8 Å². The van der Waals surface area contributed by atoms with Gasteiger partial charge in [0.25, 0.3) is 0 Å². The quantitative estimate of drug-likeness (QED) is 0.801. The highest BCUT2D eigenvalue weighted by molar-refractivity contribution is 7.91. The lowest BCUT2D eigenvalue weighted by molar-refractivity contribution is -0.130. The van der Waals surface area contributed by atoms with Crippen molar-refractivity contribution in [1.29, 1.82) is 0 Å². The zero-order valence-electron chi connectivity index (χ0n) is 14.1. The van der Waals surface area contributed by atoms with E-state index in [4.69, 9.17) is 0 Å². The Kier molecular flexibility index (Phi) is 6.22. The Morgan fingerprint density at radius 3 is 2.30 bits per heavy atom. The van der Waals surface area contributed by atoms with Crippen LogP contribution in [0.2, 0.25) is 0 Å². The van der Waals surface area contributed by atoms with Crippen LogP contribution in [0.15, 0.2) is 29.2 Å². The standard InChI is InChI=1S/C18H27NO3S/c1-3-4-13-23(21,22)18-7-5-16(6-8-18)14-17-9-11-19(12-10-17)15(2)20/h5-8,17H,3-4,9-14H2,1-2H3. The summed E-state index contributed by atoms with van der Waals surface area (Å²) in [4.78, 5) is 13.7. The molecule has 0 spiro atoms. The second kappa shape index (κ2) is 7.95. The van der Waals surface area contributed by atoms with Crippen molar-refractivity contribution < 1.29 is 13.2 Å². The van der Waals surface area contributed by atoms with Crippen LogP contribution in [0.4, 0.5) is 0 Å². The van der Waals surface area contributed by atoms with Gasteiger partial charge in [-0.3, -0.25) is 4.79 Å². The van der Waals surface area contributed by atoms with E-state index < -0.39 is 9.84 Å². The number of piperidine rings is 1. The molecule has 1 fully saturated rings. The minimum absolute atomic E-state index is 0.157. The van der Waals surface area contributed by atoms with Gasteiger partial charge in [-0.05, 0) is 49.3 Å². The summed E-state index contributed by atoms with van der Waals surface area (Å²) in [6, 6.07) is 7.36. The smallest absolute Gasteiger partial charge is 0.219 e. The number of sulfone groups is 1. The fourth-order valence-corrected chi connectivity index (χ4v) is 4.53. The van der Waals surface area contributed by atoms with Crippen LogP contribution in [-0.4, -0.2) is 38.1 Å². The molecule has 0 aliphatic carbocycles. The van der Waals surface area contributed by atoms with Crippen molar-refractivity contribution in [1.82, 2.24) is 4.90 Å². The Bertz CT molecular complexity index is 614. The molecule has 0 radical (unpaired) electrons. The molecular formula is C18H27NO3S. The zero-order valence-corrected chi connectivity index (χ0v) is 14.9. The minimum Gasteiger partial charge on any atom is -0.343 e. The molecule has 4 nitrogen and oxygen atoms in total. The number of likely N-dealkylation sites (tertiary alicyclic amines) is 1. The third-order valence-electron chi connectivity index (χ3n) is 4.63. The van der Waals surface area contributed by atoms with Gasteiger partial charge in [-0.1, -0.05) is 25.5 Å². The third kappa shape index (κ3) is 5.06. The molecule has 1 aliphatic heterocycles. The van der Waals surface area contributed by atoms with E-state index in [9.17, 15) is 13.2 Å². The number of carbonyl (C=O) groups excluding carboxylic acids is 1. The van der Waals surface area contributed by atoms with E-state index in [1.807, 2.05) is 24.0 Å². The van der Waals surface area contributed by atoms with Gasteiger partial charge in [0.15, 0.2) is 9.84 Å². The van der Waals surface area contributed by atoms with Gasteiger partial charge in [0.05, 0.1) is 10.6 Å². The second-order valence-electron chi connectivity index (χ2n) is 6.47. The highest BCUT2D eigenvalue weighted by Crippen LogP contribution is 2.23. The molecule has 2 rings (SSSR count). The predicted octanol–water partition coefficient (Wildman–Crippen LogP) is 3.06. The van der Waals surface area contributed by atoms with Crippen LogP contribution in [0.3, 0.4) is 0 Å². The lowest BCUT2D eigenvalue weighted by Crippen LogP contribution is -2.37. The van der Waals surface area contributed by atoms with E-state index in [0.29, 0.717) is 17.2 Å². The molecule has 0 aromatic heterocycles. The molecule has 23 heavy (non-hydrogen) atoms. The summed E-state index contributed by atoms with van der Waals surface area (Å²) in [7, 11) is -3.13. The van der Waals surface area contributed by atoms with Crippen molar-refractivity contribution in [2.24, 2.45) is 5.92 Å². The van der Waals surface area contributed by atoms with Crippen LogP contribution in [0.5, 0.6) is 0 Å². The average molecular weight is 337 g/mol. The SMILES string of the molecule is CCCCS(=O)(=O)c1ccc(CC2CCN(C(C)=O)CC2)cc1. The summed E-state index contributed by atoms with van der Waals surface area (Å²) < 4.78 is 24.3. The third-order valence-corrected chi connectivity index (χ3v) is 6.45. The fourth-order valence-electron chi connectivity index (χ4n) is 3.07. The number of hydrogen-bond acceptors (Lipinski definition) is 3. The summed E-state index contributed by atoms with van der Waals surface area (Å²) in [5.74, 6) is 0.963. The van der Waals surface area contributed by atoms with Crippen LogP contribution in [0.1, 0.15) is 45.1 Å². The highest BCUT2D eigenvalue weighted by Gasteiger charge is 2.21. The van der Waals surface area contributed by atoms with Crippen molar-refractivity contribution >= 4 is 15.7 Å². The number of carbonyl (C=O) groups is 1. The van der Waals surface area contributed by atoms with Crippen molar-refractivity contribution in [2.45, 2.75) is 50.8 Å². The lowest BCUT2D eigenvalue weighted by Gasteiger charge is -2.31. The van der Waals surface area contributed by atoms with Crippen LogP contribution in [-0.2, 0) is 21.1 Å². The summed E-state index contributed by atoms with van der Waals surface area (Å²) in [5.41, 5.74) is 1.18. The molecule has 0 atom stereocenters. The number of amides is 1. The van der Waals surface area contributed by atoms with Crippen molar-refractivity contribution in [3.63, 3.8) is 0 Å². The molecule has 1 amide bonds. The van der Waals surface area contributed by atoms with Gasteiger partial charge in [-0.2, -0.15) is 0 Å². The summed E-state index contributed by atoms with van der Waals surface area (Å²) in [6.07, 6.45) is 4.60. The molecular weight excluding hydrogens is 310 g/mol. The van der Waals surface area contributed by atoms with Crippen molar-refractivity contribution in [3.8, 4) is 0 Å². The normalized spacial score (nSPS) is 16.5. The molecule has 1 saturated heterocycles. The van der Waals surface area contributed by atoms with Crippen LogP contribution in [0, 0.1) is 5.92 Å². The van der Waals surface area contributed by atoms with Gasteiger partial charge in [0, 0.05) is 20.0 Å². The first kappa shape index (κ1) is 18.0. The summed E-state index contributed by atoms with van der Waals surface area (Å²) >= 11 is 0. The van der Waals surface area contributed by atoms with Gasteiger partial charge in [0.1, 0.15) is 0 Å². The number of hydrogen-bond donors (Lipinski definition) is 0. The van der Waals surface area contributed by atoms with Gasteiger partial charge < -0.3 is 4.90 Å². The van der Waals surface area contributed by atoms with Crippen LogP contribution < -0.4 is 0 Å². The van der Waals surface area contributed by atoms with Gasteiger partial charge in [0.2, 0.25) is 5.91 Å². The number of unbranched alkanes of at least 4 members (excludes halogenated alkanes) is 1. The Morgan fingerprint density at radius 1 is 1.17 bits per heavy atom. The lowest BCUT2D eigenvalue weighted by atomic mass is 9.90. The van der Waals surface area contributed by atoms with Crippen molar-refractivity contribution in [2.75, 3.05) is 18.8 Å². The molecule has 0 N–H and O–H groups in total. The minimum atomic E-state index is -3.13. The van der Waals surface area contributed by atoms with E-state index in [0.717, 1.165) is 38.8 Å².